The zero-order valence-corrected chi connectivity index (χ0v) is 11.8. The molecule has 2 aromatic rings. The zero-order valence-electron chi connectivity index (χ0n) is 11.8. The molecule has 0 aliphatic carbocycles. The van der Waals surface area contributed by atoms with Crippen molar-refractivity contribution in [2.24, 2.45) is 11.7 Å². The number of hydrogen-bond acceptors (Lipinski definition) is 2. The van der Waals surface area contributed by atoms with E-state index < -0.39 is 0 Å². The van der Waals surface area contributed by atoms with Gasteiger partial charge in [0, 0.05) is 37.0 Å². The first-order valence-corrected chi connectivity index (χ1v) is 7.27. The van der Waals surface area contributed by atoms with Crippen molar-refractivity contribution in [2.75, 3.05) is 13.1 Å². The Hall–Kier alpha value is -1.81. The number of fused-ring (bicyclic) bond motifs is 1. The molecule has 1 aliphatic rings. The molecule has 3 rings (SSSR count). The third-order valence-electron chi connectivity index (χ3n) is 4.24. The van der Waals surface area contributed by atoms with Crippen LogP contribution in [-0.2, 0) is 0 Å². The molecule has 106 valence electrons. The molecule has 1 saturated heterocycles. The van der Waals surface area contributed by atoms with Gasteiger partial charge in [-0.1, -0.05) is 6.07 Å². The number of rotatable bonds is 2. The molecule has 2 N–H and O–H groups in total. The molecular formula is C16H21N3O. The maximum atomic E-state index is 12.6. The van der Waals surface area contributed by atoms with E-state index in [-0.39, 0.29) is 11.9 Å². The fraction of sp³-hybridized carbons (Fsp3) is 0.438. The topological polar surface area (TPSA) is 50.7 Å². The van der Waals surface area contributed by atoms with Crippen LogP contribution in [0.3, 0.4) is 0 Å². The lowest BCUT2D eigenvalue weighted by atomic mass is 9.92. The lowest BCUT2D eigenvalue weighted by Gasteiger charge is -2.34. The van der Waals surface area contributed by atoms with E-state index in [0.29, 0.717) is 5.92 Å². The third-order valence-corrected chi connectivity index (χ3v) is 4.24. The number of piperidine rings is 1. The van der Waals surface area contributed by atoms with Crippen molar-refractivity contribution in [3.63, 3.8) is 0 Å². The van der Waals surface area contributed by atoms with Gasteiger partial charge in [-0.15, -0.1) is 0 Å². The monoisotopic (exact) mass is 271 g/mol. The molecule has 2 atom stereocenters. The van der Waals surface area contributed by atoms with Crippen molar-refractivity contribution in [2.45, 2.75) is 25.8 Å². The summed E-state index contributed by atoms with van der Waals surface area (Å²) in [4.78, 5) is 14.6. The molecule has 0 spiro atoms. The van der Waals surface area contributed by atoms with Crippen molar-refractivity contribution in [3.05, 3.63) is 42.2 Å². The zero-order chi connectivity index (χ0) is 14.1. The van der Waals surface area contributed by atoms with Crippen LogP contribution in [0.5, 0.6) is 0 Å². The number of aromatic nitrogens is 1. The predicted octanol–water partition coefficient (Wildman–Crippen LogP) is 2.14. The van der Waals surface area contributed by atoms with Crippen molar-refractivity contribution in [1.82, 2.24) is 9.30 Å². The average Bonchev–Trinajstić information content (AvgIpc) is 2.90. The molecule has 3 heterocycles. The van der Waals surface area contributed by atoms with Crippen molar-refractivity contribution < 1.29 is 4.79 Å². The summed E-state index contributed by atoms with van der Waals surface area (Å²) in [6.07, 6.45) is 6.05. The van der Waals surface area contributed by atoms with Gasteiger partial charge in [-0.2, -0.15) is 0 Å². The maximum absolute atomic E-state index is 12.6. The van der Waals surface area contributed by atoms with Crippen LogP contribution in [-0.4, -0.2) is 34.3 Å². The second-order valence-corrected chi connectivity index (χ2v) is 5.77. The molecule has 0 unspecified atom stereocenters. The SMILES string of the molecule is C[C@@H](N)[C@H]1CCCN(C(=O)c2cc3ccccn3c2)C1. The van der Waals surface area contributed by atoms with Crippen LogP contribution in [0.2, 0.25) is 0 Å². The van der Waals surface area contributed by atoms with Gasteiger partial charge in [0.1, 0.15) is 0 Å². The summed E-state index contributed by atoms with van der Waals surface area (Å²) >= 11 is 0. The fourth-order valence-electron chi connectivity index (χ4n) is 2.98. The summed E-state index contributed by atoms with van der Waals surface area (Å²) in [6, 6.07) is 8.07. The molecule has 2 aromatic heterocycles. The lowest BCUT2D eigenvalue weighted by Crippen LogP contribution is -2.44. The standard InChI is InChI=1S/C16H21N3O/c1-12(17)13-5-4-8-19(10-13)16(20)14-9-15-6-2-3-7-18(15)11-14/h2-3,6-7,9,11-13H,4-5,8,10,17H2,1H3/t12-,13+/m1/s1. The summed E-state index contributed by atoms with van der Waals surface area (Å²) < 4.78 is 1.99. The van der Waals surface area contributed by atoms with Crippen LogP contribution < -0.4 is 5.73 Å². The second-order valence-electron chi connectivity index (χ2n) is 5.77. The Morgan fingerprint density at radius 1 is 1.45 bits per heavy atom. The van der Waals surface area contributed by atoms with E-state index in [1.807, 2.05) is 52.9 Å². The van der Waals surface area contributed by atoms with E-state index in [0.717, 1.165) is 37.0 Å². The second kappa shape index (κ2) is 5.29. The smallest absolute Gasteiger partial charge is 0.255 e. The Labute approximate surface area is 119 Å². The molecule has 0 bridgehead atoms. The van der Waals surface area contributed by atoms with Crippen LogP contribution in [0, 0.1) is 5.92 Å². The van der Waals surface area contributed by atoms with E-state index in [1.165, 1.54) is 0 Å². The molecule has 0 aromatic carbocycles. The summed E-state index contributed by atoms with van der Waals surface area (Å²) in [5, 5.41) is 0. The molecule has 0 saturated carbocycles. The highest BCUT2D eigenvalue weighted by Crippen LogP contribution is 2.21. The molecule has 1 fully saturated rings. The highest BCUT2D eigenvalue weighted by atomic mass is 16.2. The quantitative estimate of drug-likeness (QED) is 0.909. The molecule has 1 amide bonds. The van der Waals surface area contributed by atoms with Gasteiger partial charge in [0.05, 0.1) is 5.56 Å². The minimum atomic E-state index is 0.124. The van der Waals surface area contributed by atoms with Gasteiger partial charge in [-0.3, -0.25) is 4.79 Å². The number of carbonyl (C=O) groups excluding carboxylic acids is 1. The van der Waals surface area contributed by atoms with E-state index in [4.69, 9.17) is 5.73 Å². The third kappa shape index (κ3) is 2.43. The summed E-state index contributed by atoms with van der Waals surface area (Å²) in [5.74, 6) is 0.545. The van der Waals surface area contributed by atoms with Crippen LogP contribution in [0.25, 0.3) is 5.52 Å². The van der Waals surface area contributed by atoms with Crippen molar-refractivity contribution in [1.29, 1.82) is 0 Å². The molecule has 20 heavy (non-hydrogen) atoms. The van der Waals surface area contributed by atoms with Crippen LogP contribution in [0.15, 0.2) is 36.7 Å². The normalized spacial score (nSPS) is 21.1. The first-order valence-electron chi connectivity index (χ1n) is 7.27. The molecule has 0 radical (unpaired) electrons. The van der Waals surface area contributed by atoms with Crippen LogP contribution in [0.1, 0.15) is 30.1 Å². The minimum absolute atomic E-state index is 0.124. The Morgan fingerprint density at radius 2 is 2.30 bits per heavy atom. The van der Waals surface area contributed by atoms with Crippen LogP contribution >= 0.6 is 0 Å². The highest BCUT2D eigenvalue weighted by Gasteiger charge is 2.26. The Bertz CT molecular complexity index is 584. The number of nitrogens with two attached hydrogens (primary N) is 1. The van der Waals surface area contributed by atoms with Gasteiger partial charge in [-0.05, 0) is 43.9 Å². The predicted molar refractivity (Wildman–Crippen MR) is 79.7 cm³/mol. The largest absolute Gasteiger partial charge is 0.338 e. The van der Waals surface area contributed by atoms with Crippen LogP contribution in [0.4, 0.5) is 0 Å². The molecule has 4 heteroatoms. The van der Waals surface area contributed by atoms with E-state index in [9.17, 15) is 4.79 Å². The maximum Gasteiger partial charge on any atom is 0.255 e. The number of amides is 1. The van der Waals surface area contributed by atoms with Gasteiger partial charge in [0.25, 0.3) is 5.91 Å². The fourth-order valence-corrected chi connectivity index (χ4v) is 2.98. The van der Waals surface area contributed by atoms with E-state index >= 15 is 0 Å². The lowest BCUT2D eigenvalue weighted by molar-refractivity contribution is 0.0661. The van der Waals surface area contributed by atoms with Gasteiger partial charge < -0.3 is 15.0 Å². The number of pyridine rings is 1. The van der Waals surface area contributed by atoms with Gasteiger partial charge >= 0.3 is 0 Å². The Balaban J connectivity index is 1.81. The van der Waals surface area contributed by atoms with Crippen molar-refractivity contribution in [3.8, 4) is 0 Å². The Morgan fingerprint density at radius 3 is 3.05 bits per heavy atom. The summed E-state index contributed by atoms with van der Waals surface area (Å²) in [6.45, 7) is 3.66. The molecular weight excluding hydrogens is 250 g/mol. The van der Waals surface area contributed by atoms with E-state index in [2.05, 4.69) is 0 Å². The van der Waals surface area contributed by atoms with Gasteiger partial charge in [-0.25, -0.2) is 0 Å². The molecule has 1 aliphatic heterocycles. The number of hydrogen-bond donors (Lipinski definition) is 1. The summed E-state index contributed by atoms with van der Waals surface area (Å²) in [5.41, 5.74) is 7.81. The number of nitrogens with zero attached hydrogens (tertiary/aromatic N) is 2. The molecule has 4 nitrogen and oxygen atoms in total. The summed E-state index contributed by atoms with van der Waals surface area (Å²) in [7, 11) is 0. The average molecular weight is 271 g/mol. The Kier molecular flexibility index (Phi) is 3.49. The minimum Gasteiger partial charge on any atom is -0.338 e. The number of likely N-dealkylation sites (tertiary alicyclic amines) is 1. The first-order chi connectivity index (χ1) is 9.65. The number of carbonyl (C=O) groups is 1. The van der Waals surface area contributed by atoms with Crippen molar-refractivity contribution >= 4 is 11.4 Å². The van der Waals surface area contributed by atoms with E-state index in [1.54, 1.807) is 0 Å². The highest BCUT2D eigenvalue weighted by molar-refractivity contribution is 5.95. The first kappa shape index (κ1) is 13.2. The van der Waals surface area contributed by atoms with Gasteiger partial charge in [0.2, 0.25) is 0 Å². The van der Waals surface area contributed by atoms with Gasteiger partial charge in [0.15, 0.2) is 0 Å².